The molecule has 1 aliphatic heterocycles. The van der Waals surface area contributed by atoms with Gasteiger partial charge in [-0.15, -0.1) is 0 Å². The smallest absolute Gasteiger partial charge is 0.331 e. The maximum absolute atomic E-state index is 11.8. The highest BCUT2D eigenvalue weighted by atomic mass is 35.5. The average molecular weight is 295 g/mol. The number of carbonyl (C=O) groups excluding carboxylic acids is 1. The van der Waals surface area contributed by atoms with Crippen LogP contribution < -0.4 is 4.90 Å². The summed E-state index contributed by atoms with van der Waals surface area (Å²) in [5, 5.41) is 19.2. The van der Waals surface area contributed by atoms with E-state index in [1.165, 1.54) is 7.11 Å². The van der Waals surface area contributed by atoms with E-state index in [1.54, 1.807) is 24.0 Å². The van der Waals surface area contributed by atoms with Crippen LogP contribution in [0.25, 0.3) is 0 Å². The molecular formula is C14H15ClN2O3. The molecule has 5 nitrogen and oxygen atoms in total. The fourth-order valence-electron chi connectivity index (χ4n) is 2.55. The summed E-state index contributed by atoms with van der Waals surface area (Å²) in [5.41, 5.74) is 2.02. The first kappa shape index (κ1) is 14.6. The van der Waals surface area contributed by atoms with Crippen LogP contribution >= 0.6 is 11.6 Å². The lowest BCUT2D eigenvalue weighted by molar-refractivity contribution is -0.144. The normalized spacial score (nSPS) is 16.2. The van der Waals surface area contributed by atoms with Crippen molar-refractivity contribution in [2.75, 3.05) is 18.6 Å². The van der Waals surface area contributed by atoms with Gasteiger partial charge in [0.2, 0.25) is 0 Å². The van der Waals surface area contributed by atoms with Crippen LogP contribution in [0.5, 0.6) is 0 Å². The standard InChI is InChI=1S/C14H15ClN2O3/c1-8(18)13(14(19)20-2)17-6-5-10-11(17)4-3-9(7-16)12(10)15/h3-4,8,13,18H,5-6H2,1-2H3/t8-,13+/m0/s1. The molecule has 0 amide bonds. The van der Waals surface area contributed by atoms with Crippen molar-refractivity contribution < 1.29 is 14.6 Å². The third kappa shape index (κ3) is 2.33. The maximum atomic E-state index is 11.8. The predicted molar refractivity (Wildman–Crippen MR) is 74.7 cm³/mol. The lowest BCUT2D eigenvalue weighted by Gasteiger charge is -2.30. The van der Waals surface area contributed by atoms with Crippen LogP contribution in [0.2, 0.25) is 5.02 Å². The Morgan fingerprint density at radius 2 is 2.30 bits per heavy atom. The number of aliphatic hydroxyl groups excluding tert-OH is 1. The van der Waals surface area contributed by atoms with Crippen molar-refractivity contribution in [2.24, 2.45) is 0 Å². The van der Waals surface area contributed by atoms with Gasteiger partial charge >= 0.3 is 5.97 Å². The summed E-state index contributed by atoms with van der Waals surface area (Å²) >= 11 is 6.19. The molecule has 1 heterocycles. The van der Waals surface area contributed by atoms with Gasteiger partial charge in [0.15, 0.2) is 6.04 Å². The maximum Gasteiger partial charge on any atom is 0.331 e. The number of rotatable bonds is 3. The van der Waals surface area contributed by atoms with E-state index < -0.39 is 18.1 Å². The van der Waals surface area contributed by atoms with Gasteiger partial charge in [0.25, 0.3) is 0 Å². The largest absolute Gasteiger partial charge is 0.467 e. The lowest BCUT2D eigenvalue weighted by Crippen LogP contribution is -2.48. The molecule has 2 rings (SSSR count). The summed E-state index contributed by atoms with van der Waals surface area (Å²) in [6, 6.07) is 4.64. The Balaban J connectivity index is 2.44. The highest BCUT2D eigenvalue weighted by molar-refractivity contribution is 6.33. The minimum absolute atomic E-state index is 0.416. The van der Waals surface area contributed by atoms with Gasteiger partial charge in [-0.2, -0.15) is 5.26 Å². The Morgan fingerprint density at radius 1 is 1.60 bits per heavy atom. The number of anilines is 1. The van der Waals surface area contributed by atoms with Crippen LogP contribution in [0, 0.1) is 11.3 Å². The summed E-state index contributed by atoms with van der Waals surface area (Å²) in [6.07, 6.45) is -0.244. The molecule has 1 aromatic carbocycles. The molecule has 6 heteroatoms. The van der Waals surface area contributed by atoms with Gasteiger partial charge in [-0.3, -0.25) is 0 Å². The number of carbonyl (C=O) groups is 1. The molecule has 0 saturated carbocycles. The molecule has 0 bridgehead atoms. The Hall–Kier alpha value is -1.77. The van der Waals surface area contributed by atoms with E-state index in [2.05, 4.69) is 0 Å². The third-order valence-electron chi connectivity index (χ3n) is 3.49. The number of aliphatic hydroxyl groups is 1. The van der Waals surface area contributed by atoms with Crippen LogP contribution in [0.3, 0.4) is 0 Å². The molecule has 0 spiro atoms. The summed E-state index contributed by atoms with van der Waals surface area (Å²) < 4.78 is 4.75. The summed E-state index contributed by atoms with van der Waals surface area (Å²) in [7, 11) is 1.29. The SMILES string of the molecule is COC(=O)[C@@H]([C@H](C)O)N1CCc2c1ccc(C#N)c2Cl. The minimum atomic E-state index is -0.872. The molecule has 0 aromatic heterocycles. The first-order valence-corrected chi connectivity index (χ1v) is 6.63. The first-order chi connectivity index (χ1) is 9.51. The number of nitriles is 1. The van der Waals surface area contributed by atoms with Crippen LogP contribution in [0.4, 0.5) is 5.69 Å². The number of halogens is 1. The van der Waals surface area contributed by atoms with Crippen LogP contribution in [-0.2, 0) is 16.0 Å². The molecule has 0 aliphatic carbocycles. The number of ether oxygens (including phenoxy) is 1. The Kier molecular flexibility index (Phi) is 4.17. The Bertz CT molecular complexity index is 581. The van der Waals surface area contributed by atoms with Crippen molar-refractivity contribution >= 4 is 23.3 Å². The number of methoxy groups -OCH3 is 1. The lowest BCUT2D eigenvalue weighted by atomic mass is 10.1. The molecule has 0 radical (unpaired) electrons. The highest BCUT2D eigenvalue weighted by Gasteiger charge is 2.36. The van der Waals surface area contributed by atoms with Gasteiger partial charge < -0.3 is 14.7 Å². The molecule has 106 valence electrons. The number of hydrogen-bond acceptors (Lipinski definition) is 5. The quantitative estimate of drug-likeness (QED) is 0.855. The van der Waals surface area contributed by atoms with E-state index in [-0.39, 0.29) is 0 Å². The molecule has 0 unspecified atom stereocenters. The number of esters is 1. The second-order valence-electron chi connectivity index (χ2n) is 4.69. The molecule has 1 aliphatic rings. The summed E-state index contributed by atoms with van der Waals surface area (Å²) in [4.78, 5) is 13.6. The van der Waals surface area contributed by atoms with Crippen molar-refractivity contribution in [3.05, 3.63) is 28.3 Å². The van der Waals surface area contributed by atoms with E-state index in [0.29, 0.717) is 23.6 Å². The third-order valence-corrected chi connectivity index (χ3v) is 3.92. The van der Waals surface area contributed by atoms with Crippen molar-refractivity contribution in [1.82, 2.24) is 0 Å². The molecule has 0 saturated heterocycles. The van der Waals surface area contributed by atoms with Gasteiger partial charge in [0.1, 0.15) is 6.07 Å². The molecule has 20 heavy (non-hydrogen) atoms. The van der Waals surface area contributed by atoms with E-state index in [0.717, 1.165) is 11.3 Å². The van der Waals surface area contributed by atoms with Crippen LogP contribution in [0.1, 0.15) is 18.1 Å². The molecule has 2 atom stereocenters. The summed E-state index contributed by atoms with van der Waals surface area (Å²) in [5.74, 6) is -0.492. The zero-order valence-corrected chi connectivity index (χ0v) is 12.0. The summed E-state index contributed by atoms with van der Waals surface area (Å²) in [6.45, 7) is 2.10. The zero-order valence-electron chi connectivity index (χ0n) is 11.3. The Morgan fingerprint density at radius 3 is 2.85 bits per heavy atom. The number of benzene rings is 1. The van der Waals surface area contributed by atoms with Crippen LogP contribution in [0.15, 0.2) is 12.1 Å². The first-order valence-electron chi connectivity index (χ1n) is 6.25. The van der Waals surface area contributed by atoms with Crippen molar-refractivity contribution in [3.8, 4) is 6.07 Å². The van der Waals surface area contributed by atoms with E-state index in [4.69, 9.17) is 21.6 Å². The van der Waals surface area contributed by atoms with Crippen LogP contribution in [-0.4, -0.2) is 36.9 Å². The number of nitrogens with zero attached hydrogens (tertiary/aromatic N) is 2. The van der Waals surface area contributed by atoms with Gasteiger partial charge in [-0.05, 0) is 31.0 Å². The number of hydrogen-bond donors (Lipinski definition) is 1. The second-order valence-corrected chi connectivity index (χ2v) is 5.07. The molecular weight excluding hydrogens is 280 g/mol. The topological polar surface area (TPSA) is 73.6 Å². The van der Waals surface area contributed by atoms with Gasteiger partial charge in [0.05, 0.1) is 23.8 Å². The van der Waals surface area contributed by atoms with Gasteiger partial charge in [0, 0.05) is 12.2 Å². The minimum Gasteiger partial charge on any atom is -0.467 e. The van der Waals surface area contributed by atoms with Crippen molar-refractivity contribution in [3.63, 3.8) is 0 Å². The van der Waals surface area contributed by atoms with E-state index in [9.17, 15) is 9.90 Å². The molecule has 1 aromatic rings. The van der Waals surface area contributed by atoms with E-state index >= 15 is 0 Å². The predicted octanol–water partition coefficient (Wildman–Crippen LogP) is 1.50. The van der Waals surface area contributed by atoms with E-state index in [1.807, 2.05) is 6.07 Å². The fourth-order valence-corrected chi connectivity index (χ4v) is 2.85. The highest BCUT2D eigenvalue weighted by Crippen LogP contribution is 2.37. The van der Waals surface area contributed by atoms with Gasteiger partial charge in [-0.1, -0.05) is 11.6 Å². The fraction of sp³-hybridized carbons (Fsp3) is 0.429. The van der Waals surface area contributed by atoms with Crippen molar-refractivity contribution in [2.45, 2.75) is 25.5 Å². The number of fused-ring (bicyclic) bond motifs is 1. The van der Waals surface area contributed by atoms with Crippen molar-refractivity contribution in [1.29, 1.82) is 5.26 Å². The Labute approximate surface area is 122 Å². The molecule has 1 N–H and O–H groups in total. The zero-order chi connectivity index (χ0) is 14.9. The average Bonchev–Trinajstić information content (AvgIpc) is 2.83. The van der Waals surface area contributed by atoms with Gasteiger partial charge in [-0.25, -0.2) is 4.79 Å². The second kappa shape index (κ2) is 5.70. The monoisotopic (exact) mass is 294 g/mol. The molecule has 0 fully saturated rings.